The highest BCUT2D eigenvalue weighted by molar-refractivity contribution is 7.14. The summed E-state index contributed by atoms with van der Waals surface area (Å²) in [4.78, 5) is 16.1. The lowest BCUT2D eigenvalue weighted by molar-refractivity contribution is -0.118. The van der Waals surface area contributed by atoms with Crippen LogP contribution in [0.25, 0.3) is 11.3 Å². The Labute approximate surface area is 143 Å². The van der Waals surface area contributed by atoms with Crippen molar-refractivity contribution in [2.75, 3.05) is 17.2 Å². The van der Waals surface area contributed by atoms with Gasteiger partial charge in [0.1, 0.15) is 5.75 Å². The predicted octanol–water partition coefficient (Wildman–Crippen LogP) is 3.75. The molecule has 1 aliphatic heterocycles. The third-order valence-corrected chi connectivity index (χ3v) is 4.50. The number of hydrogen-bond donors (Lipinski definition) is 2. The highest BCUT2D eigenvalue weighted by atomic mass is 32.1. The third kappa shape index (κ3) is 3.09. The number of rotatable bonds is 4. The molecule has 6 heteroatoms. The molecule has 0 aliphatic carbocycles. The van der Waals surface area contributed by atoms with Gasteiger partial charge in [0.2, 0.25) is 0 Å². The van der Waals surface area contributed by atoms with E-state index in [0.29, 0.717) is 11.4 Å². The maximum atomic E-state index is 11.4. The Hall–Kier alpha value is -2.86. The lowest BCUT2D eigenvalue weighted by Crippen LogP contribution is -2.25. The number of benzene rings is 2. The second-order valence-electron chi connectivity index (χ2n) is 5.42. The second-order valence-corrected chi connectivity index (χ2v) is 6.28. The molecule has 24 heavy (non-hydrogen) atoms. The van der Waals surface area contributed by atoms with Crippen LogP contribution >= 0.6 is 11.3 Å². The van der Waals surface area contributed by atoms with Crippen molar-refractivity contribution in [3.05, 3.63) is 59.5 Å². The number of carbonyl (C=O) groups is 1. The van der Waals surface area contributed by atoms with Crippen molar-refractivity contribution in [3.63, 3.8) is 0 Å². The zero-order valence-electron chi connectivity index (χ0n) is 12.8. The summed E-state index contributed by atoms with van der Waals surface area (Å²) in [5.41, 5.74) is 3.72. The van der Waals surface area contributed by atoms with Crippen LogP contribution < -0.4 is 15.4 Å². The van der Waals surface area contributed by atoms with Gasteiger partial charge in [-0.25, -0.2) is 4.98 Å². The number of aromatic nitrogens is 1. The lowest BCUT2D eigenvalue weighted by atomic mass is 10.1. The molecule has 4 rings (SSSR count). The zero-order chi connectivity index (χ0) is 16.4. The fourth-order valence-corrected chi connectivity index (χ4v) is 3.22. The Bertz CT molecular complexity index is 877. The van der Waals surface area contributed by atoms with E-state index < -0.39 is 0 Å². The molecular formula is C18H15N3O2S. The smallest absolute Gasteiger partial charge is 0.262 e. The molecule has 2 N–H and O–H groups in total. The van der Waals surface area contributed by atoms with E-state index >= 15 is 0 Å². The van der Waals surface area contributed by atoms with E-state index in [0.717, 1.165) is 22.9 Å². The zero-order valence-corrected chi connectivity index (χ0v) is 13.6. The monoisotopic (exact) mass is 337 g/mol. The topological polar surface area (TPSA) is 63.2 Å². The average molecular weight is 337 g/mol. The molecule has 1 aliphatic rings. The molecule has 0 fully saturated rings. The van der Waals surface area contributed by atoms with E-state index in [4.69, 9.17) is 4.74 Å². The van der Waals surface area contributed by atoms with E-state index in [-0.39, 0.29) is 12.5 Å². The van der Waals surface area contributed by atoms with Crippen LogP contribution in [0.5, 0.6) is 5.75 Å². The first-order valence-corrected chi connectivity index (χ1v) is 8.46. The molecule has 0 saturated carbocycles. The van der Waals surface area contributed by atoms with Gasteiger partial charge in [-0.2, -0.15) is 0 Å². The van der Waals surface area contributed by atoms with Crippen LogP contribution in [0.2, 0.25) is 0 Å². The molecule has 3 aromatic rings. The van der Waals surface area contributed by atoms with Gasteiger partial charge in [0.25, 0.3) is 5.91 Å². The van der Waals surface area contributed by atoms with Crippen LogP contribution in [0.15, 0.2) is 53.9 Å². The van der Waals surface area contributed by atoms with E-state index in [1.54, 1.807) is 11.3 Å². The van der Waals surface area contributed by atoms with E-state index in [1.165, 1.54) is 5.56 Å². The van der Waals surface area contributed by atoms with Crippen LogP contribution in [0.4, 0.5) is 10.8 Å². The number of amides is 1. The quantitative estimate of drug-likeness (QED) is 0.761. The molecule has 0 spiro atoms. The third-order valence-electron chi connectivity index (χ3n) is 3.70. The van der Waals surface area contributed by atoms with Gasteiger partial charge in [-0.05, 0) is 23.8 Å². The molecule has 0 saturated heterocycles. The number of anilines is 2. The highest BCUT2D eigenvalue weighted by Crippen LogP contribution is 2.33. The number of thiazole rings is 1. The summed E-state index contributed by atoms with van der Waals surface area (Å²) in [5, 5.41) is 9.02. The fraction of sp³-hybridized carbons (Fsp3) is 0.111. The van der Waals surface area contributed by atoms with Crippen molar-refractivity contribution >= 4 is 28.1 Å². The van der Waals surface area contributed by atoms with Gasteiger partial charge in [0.05, 0.1) is 11.4 Å². The predicted molar refractivity (Wildman–Crippen MR) is 95.4 cm³/mol. The Morgan fingerprint density at radius 3 is 2.96 bits per heavy atom. The molecule has 0 bridgehead atoms. The molecule has 2 aromatic carbocycles. The summed E-state index contributed by atoms with van der Waals surface area (Å²) in [7, 11) is 0. The summed E-state index contributed by atoms with van der Waals surface area (Å²) >= 11 is 1.56. The van der Waals surface area contributed by atoms with Crippen molar-refractivity contribution in [2.24, 2.45) is 0 Å². The van der Waals surface area contributed by atoms with E-state index in [2.05, 4.69) is 27.8 Å². The minimum atomic E-state index is -0.136. The molecule has 2 heterocycles. The summed E-state index contributed by atoms with van der Waals surface area (Å²) < 4.78 is 5.38. The summed E-state index contributed by atoms with van der Waals surface area (Å²) in [6, 6.07) is 15.9. The number of nitrogens with one attached hydrogen (secondary N) is 2. The second kappa shape index (κ2) is 6.33. The Kier molecular flexibility index (Phi) is 3.88. The SMILES string of the molecule is O=C1COc2ccc(-c3csc(NCc4ccccc4)n3)cc2N1. The minimum Gasteiger partial charge on any atom is -0.482 e. The van der Waals surface area contributed by atoms with Gasteiger partial charge in [-0.1, -0.05) is 30.3 Å². The molecular weight excluding hydrogens is 322 g/mol. The van der Waals surface area contributed by atoms with Crippen molar-refractivity contribution in [2.45, 2.75) is 6.54 Å². The van der Waals surface area contributed by atoms with E-state index in [1.807, 2.05) is 41.8 Å². The average Bonchev–Trinajstić information content (AvgIpc) is 3.09. The first-order valence-electron chi connectivity index (χ1n) is 7.58. The van der Waals surface area contributed by atoms with Gasteiger partial charge < -0.3 is 15.4 Å². The maximum absolute atomic E-state index is 11.4. The van der Waals surface area contributed by atoms with Crippen LogP contribution in [0, 0.1) is 0 Å². The molecule has 0 radical (unpaired) electrons. The Balaban J connectivity index is 1.50. The van der Waals surface area contributed by atoms with Gasteiger partial charge in [0.15, 0.2) is 11.7 Å². The highest BCUT2D eigenvalue weighted by Gasteiger charge is 2.17. The number of fused-ring (bicyclic) bond motifs is 1. The molecule has 0 unspecified atom stereocenters. The van der Waals surface area contributed by atoms with Gasteiger partial charge in [0, 0.05) is 17.5 Å². The molecule has 5 nitrogen and oxygen atoms in total. The van der Waals surface area contributed by atoms with Crippen molar-refractivity contribution in [1.82, 2.24) is 4.98 Å². The van der Waals surface area contributed by atoms with Crippen molar-refractivity contribution < 1.29 is 9.53 Å². The van der Waals surface area contributed by atoms with Gasteiger partial charge >= 0.3 is 0 Å². The van der Waals surface area contributed by atoms with Crippen molar-refractivity contribution in [1.29, 1.82) is 0 Å². The van der Waals surface area contributed by atoms with E-state index in [9.17, 15) is 4.79 Å². The minimum absolute atomic E-state index is 0.0661. The maximum Gasteiger partial charge on any atom is 0.262 e. The first-order chi connectivity index (χ1) is 11.8. The normalized spacial score (nSPS) is 12.9. The number of hydrogen-bond acceptors (Lipinski definition) is 5. The molecule has 1 aromatic heterocycles. The Morgan fingerprint density at radius 1 is 1.21 bits per heavy atom. The standard InChI is InChI=1S/C18H15N3O2S/c22-17-10-23-16-7-6-13(8-14(16)20-17)15-11-24-18(21-15)19-9-12-4-2-1-3-5-12/h1-8,11H,9-10H2,(H,19,21)(H,20,22). The number of nitrogens with zero attached hydrogens (tertiary/aromatic N) is 1. The summed E-state index contributed by atoms with van der Waals surface area (Å²) in [5.74, 6) is 0.555. The summed E-state index contributed by atoms with van der Waals surface area (Å²) in [6.45, 7) is 0.804. The van der Waals surface area contributed by atoms with Gasteiger partial charge in [-0.3, -0.25) is 4.79 Å². The van der Waals surface area contributed by atoms with Gasteiger partial charge in [-0.15, -0.1) is 11.3 Å². The molecule has 1 amide bonds. The number of ether oxygens (including phenoxy) is 1. The lowest BCUT2D eigenvalue weighted by Gasteiger charge is -2.18. The molecule has 120 valence electrons. The molecule has 0 atom stereocenters. The van der Waals surface area contributed by atoms with Crippen molar-refractivity contribution in [3.8, 4) is 17.0 Å². The fourth-order valence-electron chi connectivity index (χ4n) is 2.50. The van der Waals surface area contributed by atoms with Crippen LogP contribution in [-0.4, -0.2) is 17.5 Å². The van der Waals surface area contributed by atoms with Crippen LogP contribution in [-0.2, 0) is 11.3 Å². The van der Waals surface area contributed by atoms with Crippen LogP contribution in [0.3, 0.4) is 0 Å². The van der Waals surface area contributed by atoms with Crippen LogP contribution in [0.1, 0.15) is 5.56 Å². The first kappa shape index (κ1) is 14.7. The largest absolute Gasteiger partial charge is 0.482 e. The summed E-state index contributed by atoms with van der Waals surface area (Å²) in [6.07, 6.45) is 0. The number of carbonyl (C=O) groups excluding carboxylic acids is 1. The Morgan fingerprint density at radius 2 is 2.08 bits per heavy atom.